The minimum atomic E-state index is -0.249. The molecule has 0 saturated carbocycles. The zero-order valence-electron chi connectivity index (χ0n) is 8.55. The predicted octanol–water partition coefficient (Wildman–Crippen LogP) is 1.31. The number of hydrogen-bond acceptors (Lipinski definition) is 1. The van der Waals surface area contributed by atoms with Crippen molar-refractivity contribution in [3.05, 3.63) is 34.6 Å². The Morgan fingerprint density at radius 1 is 1.33 bits per heavy atom. The summed E-state index contributed by atoms with van der Waals surface area (Å²) in [5.74, 6) is -0.249. The van der Waals surface area contributed by atoms with Crippen LogP contribution in [0.5, 0.6) is 0 Å². The fraction of sp³-hybridized carbons (Fsp3) is 0.455. The number of aliphatic hydroxyl groups excluding tert-OH is 1. The van der Waals surface area contributed by atoms with Gasteiger partial charge in [0.1, 0.15) is 12.4 Å². The minimum absolute atomic E-state index is 0.217. The molecule has 1 rings (SSSR count). The lowest BCUT2D eigenvalue weighted by Gasteiger charge is -2.04. The first-order chi connectivity index (χ1) is 7.25. The van der Waals surface area contributed by atoms with Crippen LogP contribution in [0.15, 0.2) is 18.2 Å². The Morgan fingerprint density at radius 2 is 2.13 bits per heavy atom. The summed E-state index contributed by atoms with van der Waals surface area (Å²) in [4.78, 5) is 0. The van der Waals surface area contributed by atoms with Crippen LogP contribution in [0.3, 0.4) is 0 Å². The molecular formula is C11H16ClFNO+. The number of hydrogen-bond donors (Lipinski definition) is 2. The van der Waals surface area contributed by atoms with Crippen LogP contribution in [0.1, 0.15) is 18.4 Å². The summed E-state index contributed by atoms with van der Waals surface area (Å²) in [7, 11) is 0. The second-order valence-corrected chi connectivity index (χ2v) is 3.82. The maximum Gasteiger partial charge on any atom is 0.133 e. The largest absolute Gasteiger partial charge is 0.396 e. The van der Waals surface area contributed by atoms with Crippen LogP contribution in [0.2, 0.25) is 5.02 Å². The number of rotatable bonds is 6. The molecule has 0 saturated heterocycles. The SMILES string of the molecule is OCCCC[NH2+]Cc1c(F)cccc1Cl. The molecule has 84 valence electrons. The second kappa shape index (κ2) is 6.77. The summed E-state index contributed by atoms with van der Waals surface area (Å²) < 4.78 is 13.3. The quantitative estimate of drug-likeness (QED) is 0.714. The van der Waals surface area contributed by atoms with Crippen molar-refractivity contribution in [2.75, 3.05) is 13.2 Å². The summed E-state index contributed by atoms with van der Waals surface area (Å²) >= 11 is 5.87. The van der Waals surface area contributed by atoms with Gasteiger partial charge in [0.25, 0.3) is 0 Å². The van der Waals surface area contributed by atoms with Crippen LogP contribution in [0, 0.1) is 5.82 Å². The van der Waals surface area contributed by atoms with Gasteiger partial charge in [0.05, 0.1) is 17.1 Å². The molecule has 15 heavy (non-hydrogen) atoms. The van der Waals surface area contributed by atoms with E-state index in [-0.39, 0.29) is 12.4 Å². The molecule has 2 nitrogen and oxygen atoms in total. The summed E-state index contributed by atoms with van der Waals surface area (Å²) in [5.41, 5.74) is 0.558. The van der Waals surface area contributed by atoms with Gasteiger partial charge in [0.15, 0.2) is 0 Å². The van der Waals surface area contributed by atoms with Crippen molar-refractivity contribution < 1.29 is 14.8 Å². The summed E-state index contributed by atoms with van der Waals surface area (Å²) in [5, 5.41) is 11.1. The van der Waals surface area contributed by atoms with Gasteiger partial charge in [-0.3, -0.25) is 0 Å². The van der Waals surface area contributed by atoms with Gasteiger partial charge in [0, 0.05) is 6.61 Å². The van der Waals surface area contributed by atoms with Crippen molar-refractivity contribution in [1.29, 1.82) is 0 Å². The molecule has 4 heteroatoms. The molecule has 0 spiro atoms. The molecule has 0 aliphatic carbocycles. The first-order valence-corrected chi connectivity index (χ1v) is 5.49. The molecule has 0 bridgehead atoms. The highest BCUT2D eigenvalue weighted by atomic mass is 35.5. The number of nitrogens with two attached hydrogens (primary N) is 1. The maximum atomic E-state index is 13.3. The normalized spacial score (nSPS) is 10.6. The molecular weight excluding hydrogens is 217 g/mol. The Hall–Kier alpha value is -0.640. The first kappa shape index (κ1) is 12.4. The van der Waals surface area contributed by atoms with E-state index in [1.54, 1.807) is 12.1 Å². The van der Waals surface area contributed by atoms with Crippen LogP contribution in [0.25, 0.3) is 0 Å². The fourth-order valence-electron chi connectivity index (χ4n) is 1.37. The van der Waals surface area contributed by atoms with Crippen LogP contribution in [0.4, 0.5) is 4.39 Å². The van der Waals surface area contributed by atoms with Gasteiger partial charge in [-0.05, 0) is 25.0 Å². The Balaban J connectivity index is 2.37. The van der Waals surface area contributed by atoms with Gasteiger partial charge in [-0.25, -0.2) is 4.39 Å². The Morgan fingerprint density at radius 3 is 2.80 bits per heavy atom. The molecule has 0 amide bonds. The highest BCUT2D eigenvalue weighted by Crippen LogP contribution is 2.17. The van der Waals surface area contributed by atoms with E-state index in [0.717, 1.165) is 19.4 Å². The molecule has 0 aliphatic rings. The van der Waals surface area contributed by atoms with Gasteiger partial charge in [-0.2, -0.15) is 0 Å². The van der Waals surface area contributed by atoms with E-state index in [9.17, 15) is 4.39 Å². The molecule has 0 atom stereocenters. The predicted molar refractivity (Wildman–Crippen MR) is 58.2 cm³/mol. The molecule has 3 N–H and O–H groups in total. The summed E-state index contributed by atoms with van der Waals surface area (Å²) in [6.45, 7) is 1.65. The summed E-state index contributed by atoms with van der Waals surface area (Å²) in [6.07, 6.45) is 1.73. The highest BCUT2D eigenvalue weighted by molar-refractivity contribution is 6.31. The average Bonchev–Trinajstić information content (AvgIpc) is 2.21. The van der Waals surface area contributed by atoms with Gasteiger partial charge in [-0.15, -0.1) is 0 Å². The second-order valence-electron chi connectivity index (χ2n) is 3.41. The van der Waals surface area contributed by atoms with Crippen molar-refractivity contribution in [2.24, 2.45) is 0 Å². The Labute approximate surface area is 94.1 Å². The third-order valence-corrected chi connectivity index (χ3v) is 2.58. The number of unbranched alkanes of at least 4 members (excludes halogenated alkanes) is 1. The number of quaternary nitrogens is 1. The van der Waals surface area contributed by atoms with E-state index < -0.39 is 0 Å². The van der Waals surface area contributed by atoms with Crippen molar-refractivity contribution in [3.8, 4) is 0 Å². The van der Waals surface area contributed by atoms with E-state index in [0.29, 0.717) is 17.1 Å². The molecule has 0 aromatic heterocycles. The minimum Gasteiger partial charge on any atom is -0.396 e. The van der Waals surface area contributed by atoms with Crippen molar-refractivity contribution in [1.82, 2.24) is 0 Å². The van der Waals surface area contributed by atoms with Gasteiger partial charge >= 0.3 is 0 Å². The zero-order valence-corrected chi connectivity index (χ0v) is 9.30. The number of halogens is 2. The van der Waals surface area contributed by atoms with Crippen LogP contribution < -0.4 is 5.32 Å². The molecule has 0 unspecified atom stereocenters. The van der Waals surface area contributed by atoms with E-state index in [1.165, 1.54) is 6.07 Å². The van der Waals surface area contributed by atoms with E-state index >= 15 is 0 Å². The third kappa shape index (κ3) is 4.16. The number of aliphatic hydroxyl groups is 1. The third-order valence-electron chi connectivity index (χ3n) is 2.23. The highest BCUT2D eigenvalue weighted by Gasteiger charge is 2.07. The van der Waals surface area contributed by atoms with Crippen LogP contribution >= 0.6 is 11.6 Å². The lowest BCUT2D eigenvalue weighted by Crippen LogP contribution is -2.82. The monoisotopic (exact) mass is 232 g/mol. The topological polar surface area (TPSA) is 36.8 Å². The average molecular weight is 233 g/mol. The maximum absolute atomic E-state index is 13.3. The van der Waals surface area contributed by atoms with Crippen LogP contribution in [-0.2, 0) is 6.54 Å². The molecule has 0 heterocycles. The molecule has 0 radical (unpaired) electrons. The summed E-state index contributed by atoms with van der Waals surface area (Å²) in [6, 6.07) is 4.72. The van der Waals surface area contributed by atoms with Crippen LogP contribution in [-0.4, -0.2) is 18.3 Å². The number of benzene rings is 1. The molecule has 1 aromatic carbocycles. The Kier molecular flexibility index (Phi) is 5.61. The van der Waals surface area contributed by atoms with E-state index in [1.807, 2.05) is 5.32 Å². The molecule has 1 aromatic rings. The smallest absolute Gasteiger partial charge is 0.133 e. The van der Waals surface area contributed by atoms with E-state index in [4.69, 9.17) is 16.7 Å². The Bertz CT molecular complexity index is 286. The van der Waals surface area contributed by atoms with Crippen molar-refractivity contribution in [2.45, 2.75) is 19.4 Å². The van der Waals surface area contributed by atoms with E-state index in [2.05, 4.69) is 0 Å². The van der Waals surface area contributed by atoms with Gasteiger partial charge in [0.2, 0.25) is 0 Å². The molecule has 0 fully saturated rings. The first-order valence-electron chi connectivity index (χ1n) is 5.11. The van der Waals surface area contributed by atoms with Crippen molar-refractivity contribution in [3.63, 3.8) is 0 Å². The van der Waals surface area contributed by atoms with Crippen molar-refractivity contribution >= 4 is 11.6 Å². The molecule has 0 aliphatic heterocycles. The fourth-order valence-corrected chi connectivity index (χ4v) is 1.61. The standard InChI is InChI=1S/C11H15ClFNO/c12-10-4-3-5-11(13)9(10)8-14-6-1-2-7-15/h3-5,14-15H,1-2,6-8H2/p+1. The van der Waals surface area contributed by atoms with Gasteiger partial charge < -0.3 is 10.4 Å². The lowest BCUT2D eigenvalue weighted by atomic mass is 10.2. The zero-order chi connectivity index (χ0) is 11.1. The lowest BCUT2D eigenvalue weighted by molar-refractivity contribution is -0.671. The van der Waals surface area contributed by atoms with Gasteiger partial charge in [-0.1, -0.05) is 17.7 Å².